The van der Waals surface area contributed by atoms with Gasteiger partial charge in [-0.25, -0.2) is 4.98 Å². The first kappa shape index (κ1) is 13.8. The molecule has 1 aromatic rings. The van der Waals surface area contributed by atoms with Crippen molar-refractivity contribution in [2.24, 2.45) is 0 Å². The minimum Gasteiger partial charge on any atom is -0.368 e. The highest BCUT2D eigenvalue weighted by molar-refractivity contribution is 5.89. The summed E-state index contributed by atoms with van der Waals surface area (Å²) in [6, 6.07) is 0. The summed E-state index contributed by atoms with van der Waals surface area (Å²) in [5, 5.41) is 13.6. The fourth-order valence-electron chi connectivity index (χ4n) is 1.83. The molecule has 0 spiro atoms. The van der Waals surface area contributed by atoms with Crippen molar-refractivity contribution in [2.75, 3.05) is 25.0 Å². The van der Waals surface area contributed by atoms with Crippen molar-refractivity contribution in [2.45, 2.75) is 32.8 Å². The van der Waals surface area contributed by atoms with Crippen LogP contribution in [-0.4, -0.2) is 46.9 Å². The summed E-state index contributed by atoms with van der Waals surface area (Å²) in [6.45, 7) is 5.56. The molecule has 2 N–H and O–H groups in total. The molecule has 2 heterocycles. The predicted molar refractivity (Wildman–Crippen MR) is 69.8 cm³/mol. The van der Waals surface area contributed by atoms with Crippen molar-refractivity contribution < 1.29 is 9.53 Å². The Morgan fingerprint density at radius 2 is 2.05 bits per heavy atom. The lowest BCUT2D eigenvalue weighted by atomic mass is 10.1. The second-order valence-electron chi connectivity index (χ2n) is 4.61. The Labute approximate surface area is 112 Å². The zero-order valence-corrected chi connectivity index (χ0v) is 11.3. The highest BCUT2D eigenvalue weighted by Gasteiger charge is 2.15. The Bertz CT molecular complexity index is 446. The van der Waals surface area contributed by atoms with Crippen LogP contribution in [0.3, 0.4) is 0 Å². The van der Waals surface area contributed by atoms with Crippen LogP contribution in [0.25, 0.3) is 0 Å². The molecule has 1 amide bonds. The molecule has 0 unspecified atom stereocenters. The van der Waals surface area contributed by atoms with Gasteiger partial charge in [0.25, 0.3) is 5.91 Å². The number of ether oxygens (including phenoxy) is 1. The number of carbonyl (C=O) groups is 1. The minimum atomic E-state index is -0.247. The highest BCUT2D eigenvalue weighted by atomic mass is 16.5. The van der Waals surface area contributed by atoms with Crippen LogP contribution in [0, 0.1) is 13.8 Å². The molecule has 1 fully saturated rings. The lowest BCUT2D eigenvalue weighted by Crippen LogP contribution is -2.34. The number of piperidine rings is 1. The number of carbonyl (C=O) groups excluding carboxylic acids is 1. The van der Waals surface area contributed by atoms with Crippen LogP contribution in [0.15, 0.2) is 0 Å². The molecule has 2 rings (SSSR count). The number of aromatic nitrogens is 3. The number of nitrogens with zero attached hydrogens (tertiary/aromatic N) is 3. The van der Waals surface area contributed by atoms with E-state index in [2.05, 4.69) is 25.8 Å². The standard InChI is InChI=1S/C12H19N5O2/c1-8-9(2)16-17-12(14-8)15-11(18)7-19-10-3-5-13-6-4-10/h10,13H,3-7H2,1-2H3,(H,14,15,17,18). The van der Waals surface area contributed by atoms with Gasteiger partial charge in [0.15, 0.2) is 0 Å². The van der Waals surface area contributed by atoms with E-state index in [0.29, 0.717) is 0 Å². The molecular weight excluding hydrogens is 246 g/mol. The number of nitrogens with one attached hydrogen (secondary N) is 2. The Kier molecular flexibility index (Phi) is 4.75. The van der Waals surface area contributed by atoms with Crippen molar-refractivity contribution in [1.82, 2.24) is 20.5 Å². The second kappa shape index (κ2) is 6.53. The van der Waals surface area contributed by atoms with Crippen LogP contribution in [0.2, 0.25) is 0 Å². The first-order chi connectivity index (χ1) is 9.15. The number of rotatable bonds is 4. The van der Waals surface area contributed by atoms with E-state index in [-0.39, 0.29) is 24.6 Å². The largest absolute Gasteiger partial charge is 0.368 e. The van der Waals surface area contributed by atoms with Gasteiger partial charge in [-0.2, -0.15) is 5.10 Å². The van der Waals surface area contributed by atoms with Crippen LogP contribution < -0.4 is 10.6 Å². The Hall–Kier alpha value is -1.60. The lowest BCUT2D eigenvalue weighted by Gasteiger charge is -2.22. The molecule has 7 nitrogen and oxygen atoms in total. The lowest BCUT2D eigenvalue weighted by molar-refractivity contribution is -0.123. The molecule has 1 aliphatic rings. The van der Waals surface area contributed by atoms with E-state index in [1.54, 1.807) is 0 Å². The topological polar surface area (TPSA) is 89.0 Å². The summed E-state index contributed by atoms with van der Waals surface area (Å²) in [6.07, 6.45) is 2.04. The molecule has 1 aliphatic heterocycles. The van der Waals surface area contributed by atoms with E-state index in [4.69, 9.17) is 4.74 Å². The van der Waals surface area contributed by atoms with Gasteiger partial charge in [0.05, 0.1) is 17.5 Å². The van der Waals surface area contributed by atoms with Gasteiger partial charge < -0.3 is 10.1 Å². The van der Waals surface area contributed by atoms with Gasteiger partial charge >= 0.3 is 0 Å². The normalized spacial score (nSPS) is 16.3. The smallest absolute Gasteiger partial charge is 0.252 e. The van der Waals surface area contributed by atoms with Gasteiger partial charge in [-0.3, -0.25) is 10.1 Å². The van der Waals surface area contributed by atoms with E-state index < -0.39 is 0 Å². The molecular formula is C12H19N5O2. The molecule has 1 saturated heterocycles. The maximum absolute atomic E-state index is 11.7. The molecule has 104 valence electrons. The summed E-state index contributed by atoms with van der Waals surface area (Å²) in [5.41, 5.74) is 1.51. The number of amides is 1. The summed E-state index contributed by atoms with van der Waals surface area (Å²) in [4.78, 5) is 15.8. The second-order valence-corrected chi connectivity index (χ2v) is 4.61. The van der Waals surface area contributed by atoms with Crippen LogP contribution in [0.1, 0.15) is 24.2 Å². The molecule has 0 bridgehead atoms. The number of hydrogen-bond acceptors (Lipinski definition) is 6. The van der Waals surface area contributed by atoms with E-state index in [1.807, 2.05) is 13.8 Å². The van der Waals surface area contributed by atoms with Crippen LogP contribution in [0.4, 0.5) is 5.95 Å². The molecule has 0 aliphatic carbocycles. The van der Waals surface area contributed by atoms with Gasteiger partial charge in [0.2, 0.25) is 5.95 Å². The molecule has 0 aromatic carbocycles. The molecule has 0 radical (unpaired) electrons. The summed E-state index contributed by atoms with van der Waals surface area (Å²) in [5.74, 6) is -0.0226. The van der Waals surface area contributed by atoms with Crippen molar-refractivity contribution in [3.63, 3.8) is 0 Å². The summed E-state index contributed by atoms with van der Waals surface area (Å²) in [7, 11) is 0. The molecule has 1 aromatic heterocycles. The average molecular weight is 265 g/mol. The molecule has 0 saturated carbocycles. The van der Waals surface area contributed by atoms with E-state index in [0.717, 1.165) is 37.3 Å². The fourth-order valence-corrected chi connectivity index (χ4v) is 1.83. The third-order valence-corrected chi connectivity index (χ3v) is 3.08. The molecule has 19 heavy (non-hydrogen) atoms. The van der Waals surface area contributed by atoms with Gasteiger partial charge in [-0.05, 0) is 39.8 Å². The van der Waals surface area contributed by atoms with Crippen molar-refractivity contribution >= 4 is 11.9 Å². The number of anilines is 1. The van der Waals surface area contributed by atoms with Crippen LogP contribution in [0.5, 0.6) is 0 Å². The maximum Gasteiger partial charge on any atom is 0.252 e. The first-order valence-corrected chi connectivity index (χ1v) is 6.45. The van der Waals surface area contributed by atoms with E-state index >= 15 is 0 Å². The Morgan fingerprint density at radius 1 is 1.32 bits per heavy atom. The zero-order chi connectivity index (χ0) is 13.7. The maximum atomic E-state index is 11.7. The van der Waals surface area contributed by atoms with Crippen molar-refractivity contribution in [3.05, 3.63) is 11.4 Å². The van der Waals surface area contributed by atoms with Gasteiger partial charge in [-0.1, -0.05) is 0 Å². The molecule has 7 heteroatoms. The minimum absolute atomic E-state index is 0.0287. The zero-order valence-electron chi connectivity index (χ0n) is 11.3. The Morgan fingerprint density at radius 3 is 2.74 bits per heavy atom. The molecule has 0 atom stereocenters. The Balaban J connectivity index is 1.78. The number of hydrogen-bond donors (Lipinski definition) is 2. The summed E-state index contributed by atoms with van der Waals surface area (Å²) < 4.78 is 5.54. The van der Waals surface area contributed by atoms with Crippen LogP contribution >= 0.6 is 0 Å². The quantitative estimate of drug-likeness (QED) is 0.808. The fraction of sp³-hybridized carbons (Fsp3) is 0.667. The van der Waals surface area contributed by atoms with Crippen molar-refractivity contribution in [1.29, 1.82) is 0 Å². The highest BCUT2D eigenvalue weighted by Crippen LogP contribution is 2.07. The third-order valence-electron chi connectivity index (χ3n) is 3.08. The van der Waals surface area contributed by atoms with Crippen LogP contribution in [-0.2, 0) is 9.53 Å². The third kappa shape index (κ3) is 4.22. The van der Waals surface area contributed by atoms with Crippen molar-refractivity contribution in [3.8, 4) is 0 Å². The van der Waals surface area contributed by atoms with E-state index in [1.165, 1.54) is 0 Å². The van der Waals surface area contributed by atoms with Gasteiger partial charge in [0, 0.05) is 0 Å². The number of aryl methyl sites for hydroxylation is 2. The predicted octanol–water partition coefficient (Wildman–Crippen LogP) is 0.196. The monoisotopic (exact) mass is 265 g/mol. The first-order valence-electron chi connectivity index (χ1n) is 6.45. The van der Waals surface area contributed by atoms with E-state index in [9.17, 15) is 4.79 Å². The van der Waals surface area contributed by atoms with Gasteiger partial charge in [0.1, 0.15) is 6.61 Å². The SMILES string of the molecule is Cc1nnc(NC(=O)COC2CCNCC2)nc1C. The average Bonchev–Trinajstić information content (AvgIpc) is 2.42. The van der Waals surface area contributed by atoms with Gasteiger partial charge in [-0.15, -0.1) is 5.10 Å². The summed E-state index contributed by atoms with van der Waals surface area (Å²) >= 11 is 0.